The Kier molecular flexibility index (Phi) is 8.18. The average Bonchev–Trinajstić information content (AvgIpc) is 4.07. The van der Waals surface area contributed by atoms with Gasteiger partial charge in [0, 0.05) is 53.6 Å². The van der Waals surface area contributed by atoms with Crippen molar-refractivity contribution in [2.75, 3.05) is 0 Å². The lowest BCUT2D eigenvalue weighted by molar-refractivity contribution is 0.660. The van der Waals surface area contributed by atoms with Gasteiger partial charge in [-0.05, 0) is 142 Å². The molecule has 0 spiro atoms. The van der Waals surface area contributed by atoms with Crippen LogP contribution in [0.5, 0.6) is 0 Å². The summed E-state index contributed by atoms with van der Waals surface area (Å²) in [6.45, 7) is 4.72. The van der Waals surface area contributed by atoms with Crippen LogP contribution >= 0.6 is 15.9 Å². The predicted molar refractivity (Wildman–Crippen MR) is 286 cm³/mol. The van der Waals surface area contributed by atoms with E-state index in [2.05, 4.69) is 262 Å². The third kappa shape index (κ3) is 5.57. The second-order valence-electron chi connectivity index (χ2n) is 18.7. The van der Waals surface area contributed by atoms with E-state index in [0.29, 0.717) is 0 Å². The van der Waals surface area contributed by atoms with E-state index in [1.165, 1.54) is 121 Å². The molecular weight excluding hydrogens is 879 g/mol. The molecule has 0 radical (unpaired) electrons. The SMILES string of the molecule is CC1(C)c2ccccc2-c2ccc(-n3c4ccccc4c4cc(-c5cc(Br)cc(-c6ccc7c(c6)c6ccccc6n7-c6cccc7c6c6ccccc6n7-c6ccccc6)c5)ccc43)cc21. The van der Waals surface area contributed by atoms with E-state index < -0.39 is 0 Å². The van der Waals surface area contributed by atoms with Gasteiger partial charge in [-0.3, -0.25) is 0 Å². The fraction of sp³-hybridized carbons (Fsp3) is 0.0476. The van der Waals surface area contributed by atoms with Gasteiger partial charge in [-0.25, -0.2) is 0 Å². The summed E-state index contributed by atoms with van der Waals surface area (Å²) < 4.78 is 8.37. The zero-order valence-electron chi connectivity index (χ0n) is 37.0. The zero-order valence-corrected chi connectivity index (χ0v) is 38.6. The van der Waals surface area contributed by atoms with Crippen molar-refractivity contribution in [3.63, 3.8) is 0 Å². The summed E-state index contributed by atoms with van der Waals surface area (Å²) in [7, 11) is 0. The quantitative estimate of drug-likeness (QED) is 0.163. The van der Waals surface area contributed by atoms with Gasteiger partial charge in [-0.1, -0.05) is 151 Å². The van der Waals surface area contributed by atoms with Crippen molar-refractivity contribution in [2.24, 2.45) is 0 Å². The van der Waals surface area contributed by atoms with Crippen molar-refractivity contribution in [2.45, 2.75) is 19.3 Å². The van der Waals surface area contributed by atoms with Crippen LogP contribution in [0.4, 0.5) is 0 Å². The molecule has 3 aromatic heterocycles. The van der Waals surface area contributed by atoms with Crippen LogP contribution in [0.25, 0.3) is 116 Å². The number of benzene rings is 10. The van der Waals surface area contributed by atoms with Crippen LogP contribution in [0.3, 0.4) is 0 Å². The molecule has 1 aliphatic carbocycles. The number of hydrogen-bond donors (Lipinski definition) is 0. The van der Waals surface area contributed by atoms with Gasteiger partial charge in [0.1, 0.15) is 0 Å². The standard InChI is InChI=1S/C63H42BrN3/c1-63(2)53-21-10-6-17-46(53)47-30-29-45(38-54(47)63)66-55-22-11-7-18-48(55)51-36-39(27-31-58(51)66)41-33-42(35-43(64)34-41)40-28-32-59-52(37-40)49-19-8-12-23-56(49)67(59)61-26-14-25-60-62(61)50-20-9-13-24-57(50)65(60)44-15-4-3-5-16-44/h3-38H,1-2H3. The van der Waals surface area contributed by atoms with Gasteiger partial charge < -0.3 is 13.7 Å². The Morgan fingerprint density at radius 2 is 0.851 bits per heavy atom. The third-order valence-corrected chi connectivity index (χ3v) is 15.1. The number of nitrogens with zero attached hydrogens (tertiary/aromatic N) is 3. The Bertz CT molecular complexity index is 4200. The molecule has 13 aromatic rings. The van der Waals surface area contributed by atoms with Crippen molar-refractivity contribution in [1.82, 2.24) is 13.7 Å². The van der Waals surface area contributed by atoms with Crippen molar-refractivity contribution in [3.05, 3.63) is 234 Å². The van der Waals surface area contributed by atoms with E-state index in [0.717, 1.165) is 10.2 Å². The Morgan fingerprint density at radius 1 is 0.328 bits per heavy atom. The van der Waals surface area contributed by atoms with Crippen LogP contribution in [0, 0.1) is 0 Å². The lowest BCUT2D eigenvalue weighted by Gasteiger charge is -2.22. The zero-order chi connectivity index (χ0) is 44.5. The van der Waals surface area contributed by atoms with Gasteiger partial charge in [-0.2, -0.15) is 0 Å². The van der Waals surface area contributed by atoms with Gasteiger partial charge >= 0.3 is 0 Å². The van der Waals surface area contributed by atoms with E-state index in [1.54, 1.807) is 0 Å². The fourth-order valence-electron chi connectivity index (χ4n) is 11.6. The minimum Gasteiger partial charge on any atom is -0.309 e. The minimum absolute atomic E-state index is 0.0754. The molecule has 0 saturated heterocycles. The molecule has 0 aliphatic heterocycles. The molecule has 67 heavy (non-hydrogen) atoms. The molecule has 0 fully saturated rings. The van der Waals surface area contributed by atoms with Crippen LogP contribution in [-0.4, -0.2) is 13.7 Å². The average molecular weight is 921 g/mol. The fourth-order valence-corrected chi connectivity index (χ4v) is 12.1. The highest BCUT2D eigenvalue weighted by Crippen LogP contribution is 2.50. The first kappa shape index (κ1) is 38.4. The molecule has 3 heterocycles. The van der Waals surface area contributed by atoms with Gasteiger partial charge in [0.05, 0.1) is 38.8 Å². The van der Waals surface area contributed by atoms with E-state index in [-0.39, 0.29) is 5.41 Å². The van der Waals surface area contributed by atoms with Gasteiger partial charge in [0.25, 0.3) is 0 Å². The molecule has 3 nitrogen and oxygen atoms in total. The van der Waals surface area contributed by atoms with Crippen molar-refractivity contribution in [1.29, 1.82) is 0 Å². The van der Waals surface area contributed by atoms with Crippen LogP contribution in [0.15, 0.2) is 223 Å². The second-order valence-corrected chi connectivity index (χ2v) is 19.6. The monoisotopic (exact) mass is 919 g/mol. The molecule has 0 saturated carbocycles. The van der Waals surface area contributed by atoms with Crippen LogP contribution in [-0.2, 0) is 5.41 Å². The summed E-state index contributed by atoms with van der Waals surface area (Å²) in [6.07, 6.45) is 0. The molecule has 4 heteroatoms. The first-order chi connectivity index (χ1) is 32.9. The molecule has 0 atom stereocenters. The lowest BCUT2D eigenvalue weighted by Crippen LogP contribution is -2.15. The first-order valence-corrected chi connectivity index (χ1v) is 23.9. The smallest absolute Gasteiger partial charge is 0.0562 e. The maximum Gasteiger partial charge on any atom is 0.0562 e. The molecule has 0 unspecified atom stereocenters. The summed E-state index contributed by atoms with van der Waals surface area (Å²) in [5, 5.41) is 7.44. The highest BCUT2D eigenvalue weighted by molar-refractivity contribution is 9.10. The molecule has 0 N–H and O–H groups in total. The van der Waals surface area contributed by atoms with E-state index >= 15 is 0 Å². The summed E-state index contributed by atoms with van der Waals surface area (Å²) in [5.41, 5.74) is 20.8. The second kappa shape index (κ2) is 14.3. The van der Waals surface area contributed by atoms with Gasteiger partial charge in [0.15, 0.2) is 0 Å². The molecule has 0 amide bonds. The normalized spacial score (nSPS) is 13.1. The number of fused-ring (bicyclic) bond motifs is 12. The summed E-state index contributed by atoms with van der Waals surface area (Å²) in [5.74, 6) is 0. The Labute approximate surface area is 396 Å². The molecule has 14 rings (SSSR count). The number of aromatic nitrogens is 3. The third-order valence-electron chi connectivity index (χ3n) is 14.7. The van der Waals surface area contributed by atoms with Crippen LogP contribution < -0.4 is 0 Å². The molecular formula is C63H42BrN3. The predicted octanol–water partition coefficient (Wildman–Crippen LogP) is 17.4. The molecule has 316 valence electrons. The summed E-state index contributed by atoms with van der Waals surface area (Å²) >= 11 is 3.95. The summed E-state index contributed by atoms with van der Waals surface area (Å²) in [4.78, 5) is 0. The number of para-hydroxylation sites is 4. The first-order valence-electron chi connectivity index (χ1n) is 23.1. The maximum atomic E-state index is 3.95. The Morgan fingerprint density at radius 3 is 1.55 bits per heavy atom. The Balaban J connectivity index is 0.896. The van der Waals surface area contributed by atoms with E-state index in [9.17, 15) is 0 Å². The van der Waals surface area contributed by atoms with Crippen LogP contribution in [0.1, 0.15) is 25.0 Å². The van der Waals surface area contributed by atoms with Gasteiger partial charge in [-0.15, -0.1) is 0 Å². The highest BCUT2D eigenvalue weighted by Gasteiger charge is 2.35. The van der Waals surface area contributed by atoms with Crippen molar-refractivity contribution in [3.8, 4) is 50.4 Å². The maximum absolute atomic E-state index is 3.95. The summed E-state index contributed by atoms with van der Waals surface area (Å²) in [6, 6.07) is 80.7. The largest absolute Gasteiger partial charge is 0.309 e. The van der Waals surface area contributed by atoms with E-state index in [4.69, 9.17) is 0 Å². The Hall–Kier alpha value is -7.92. The number of halogens is 1. The minimum atomic E-state index is -0.0754. The van der Waals surface area contributed by atoms with Crippen LogP contribution in [0.2, 0.25) is 0 Å². The lowest BCUT2D eigenvalue weighted by atomic mass is 9.82. The van der Waals surface area contributed by atoms with E-state index in [1.807, 2.05) is 0 Å². The van der Waals surface area contributed by atoms with Gasteiger partial charge in [0.2, 0.25) is 0 Å². The molecule has 10 aromatic carbocycles. The topological polar surface area (TPSA) is 14.8 Å². The van der Waals surface area contributed by atoms with Crippen molar-refractivity contribution >= 4 is 81.3 Å². The molecule has 0 bridgehead atoms. The number of hydrogen-bond acceptors (Lipinski definition) is 0. The molecule has 1 aliphatic rings. The number of rotatable bonds is 5. The van der Waals surface area contributed by atoms with Crippen molar-refractivity contribution < 1.29 is 0 Å². The highest BCUT2D eigenvalue weighted by atomic mass is 79.9.